The molecule has 1 aromatic carbocycles. The summed E-state index contributed by atoms with van der Waals surface area (Å²) in [5.41, 5.74) is 0.861. The first-order valence-corrected chi connectivity index (χ1v) is 3.45. The first-order valence-electron chi connectivity index (χ1n) is 3.45. The third kappa shape index (κ3) is 1.80. The van der Waals surface area contributed by atoms with Gasteiger partial charge in [-0.1, -0.05) is 0 Å². The van der Waals surface area contributed by atoms with Gasteiger partial charge in [-0.3, -0.25) is 0 Å². The van der Waals surface area contributed by atoms with Crippen LogP contribution >= 0.6 is 0 Å². The molecule has 0 fully saturated rings. The molecule has 2 nitrogen and oxygen atoms in total. The van der Waals surface area contributed by atoms with Gasteiger partial charge in [-0.25, -0.2) is 4.39 Å². The largest absolute Gasteiger partial charge is 0.380 e. The van der Waals surface area contributed by atoms with E-state index in [0.29, 0.717) is 11.1 Å². The molecule has 3 heteroatoms. The summed E-state index contributed by atoms with van der Waals surface area (Å²) in [6.07, 6.45) is 0. The summed E-state index contributed by atoms with van der Waals surface area (Å²) in [5, 5.41) is 8.51. The van der Waals surface area contributed by atoms with E-state index < -0.39 is 0 Å². The van der Waals surface area contributed by atoms with Crippen LogP contribution in [-0.2, 0) is 11.3 Å². The lowest BCUT2D eigenvalue weighted by Gasteiger charge is -2.00. The molecule has 0 unspecified atom stereocenters. The van der Waals surface area contributed by atoms with Gasteiger partial charge in [0.05, 0.1) is 18.2 Å². The van der Waals surface area contributed by atoms with Crippen molar-refractivity contribution in [2.24, 2.45) is 0 Å². The van der Waals surface area contributed by atoms with E-state index in [-0.39, 0.29) is 12.4 Å². The third-order valence-corrected chi connectivity index (χ3v) is 1.47. The fraction of sp³-hybridized carbons (Fsp3) is 0.222. The van der Waals surface area contributed by atoms with Crippen LogP contribution in [0.15, 0.2) is 18.2 Å². The van der Waals surface area contributed by atoms with Gasteiger partial charge in [0, 0.05) is 12.7 Å². The highest BCUT2D eigenvalue weighted by molar-refractivity contribution is 5.33. The number of rotatable bonds is 2. The molecule has 1 rings (SSSR count). The lowest BCUT2D eigenvalue weighted by molar-refractivity contribution is 0.181. The highest BCUT2D eigenvalue weighted by atomic mass is 19.1. The van der Waals surface area contributed by atoms with Crippen molar-refractivity contribution in [2.75, 3.05) is 7.11 Å². The van der Waals surface area contributed by atoms with Gasteiger partial charge in [-0.2, -0.15) is 5.26 Å². The Bertz CT molecular complexity index is 317. The monoisotopic (exact) mass is 165 g/mol. The molecule has 0 spiro atoms. The molecular formula is C9H8FNO. The minimum Gasteiger partial charge on any atom is -0.380 e. The SMILES string of the molecule is COCc1cc(C#N)ccc1F. The van der Waals surface area contributed by atoms with E-state index in [0.717, 1.165) is 0 Å². The van der Waals surface area contributed by atoms with Crippen molar-refractivity contribution in [3.8, 4) is 6.07 Å². The first-order chi connectivity index (χ1) is 5.77. The minimum atomic E-state index is -0.337. The Labute approximate surface area is 70.2 Å². The van der Waals surface area contributed by atoms with Crippen molar-refractivity contribution in [1.82, 2.24) is 0 Å². The van der Waals surface area contributed by atoms with Gasteiger partial charge < -0.3 is 4.74 Å². The van der Waals surface area contributed by atoms with E-state index in [4.69, 9.17) is 10.00 Å². The maximum absolute atomic E-state index is 12.9. The van der Waals surface area contributed by atoms with E-state index in [1.54, 1.807) is 0 Å². The average molecular weight is 165 g/mol. The second kappa shape index (κ2) is 3.84. The van der Waals surface area contributed by atoms with Crippen molar-refractivity contribution >= 4 is 0 Å². The van der Waals surface area contributed by atoms with Gasteiger partial charge in [0.15, 0.2) is 0 Å². The lowest BCUT2D eigenvalue weighted by atomic mass is 10.1. The van der Waals surface area contributed by atoms with Crippen molar-refractivity contribution in [2.45, 2.75) is 6.61 Å². The molecule has 0 aromatic heterocycles. The average Bonchev–Trinajstić information content (AvgIpc) is 2.09. The van der Waals surface area contributed by atoms with E-state index in [1.807, 2.05) is 6.07 Å². The summed E-state index contributed by atoms with van der Waals surface area (Å²) in [6, 6.07) is 6.13. The minimum absolute atomic E-state index is 0.196. The van der Waals surface area contributed by atoms with Gasteiger partial charge in [0.1, 0.15) is 5.82 Å². The number of halogens is 1. The maximum atomic E-state index is 12.9. The van der Waals surface area contributed by atoms with E-state index in [2.05, 4.69) is 0 Å². The third-order valence-electron chi connectivity index (χ3n) is 1.47. The van der Waals surface area contributed by atoms with Crippen molar-refractivity contribution < 1.29 is 9.13 Å². The van der Waals surface area contributed by atoms with Crippen LogP contribution < -0.4 is 0 Å². The lowest BCUT2D eigenvalue weighted by Crippen LogP contribution is -1.93. The molecule has 0 aliphatic heterocycles. The molecule has 0 N–H and O–H groups in total. The number of nitrogens with zero attached hydrogens (tertiary/aromatic N) is 1. The Morgan fingerprint density at radius 3 is 2.92 bits per heavy atom. The summed E-state index contributed by atoms with van der Waals surface area (Å²) >= 11 is 0. The van der Waals surface area contributed by atoms with Crippen LogP contribution in [0, 0.1) is 17.1 Å². The van der Waals surface area contributed by atoms with Crippen LogP contribution in [0.2, 0.25) is 0 Å². The summed E-state index contributed by atoms with van der Waals surface area (Å²) in [7, 11) is 1.48. The molecule has 0 amide bonds. The van der Waals surface area contributed by atoms with Gasteiger partial charge >= 0.3 is 0 Å². The topological polar surface area (TPSA) is 33.0 Å². The molecule has 0 aliphatic rings. The molecule has 0 radical (unpaired) electrons. The molecule has 0 saturated heterocycles. The van der Waals surface area contributed by atoms with Crippen LogP contribution in [0.4, 0.5) is 4.39 Å². The molecule has 0 saturated carbocycles. The second-order valence-corrected chi connectivity index (χ2v) is 2.35. The van der Waals surface area contributed by atoms with Gasteiger partial charge in [-0.15, -0.1) is 0 Å². The van der Waals surface area contributed by atoms with Crippen LogP contribution in [0.5, 0.6) is 0 Å². The van der Waals surface area contributed by atoms with Crippen LogP contribution in [-0.4, -0.2) is 7.11 Å². The normalized spacial score (nSPS) is 9.42. The zero-order valence-corrected chi connectivity index (χ0v) is 6.67. The number of benzene rings is 1. The Morgan fingerprint density at radius 2 is 2.33 bits per heavy atom. The number of hydrogen-bond donors (Lipinski definition) is 0. The molecule has 12 heavy (non-hydrogen) atoms. The number of hydrogen-bond acceptors (Lipinski definition) is 2. The van der Waals surface area contributed by atoms with Gasteiger partial charge in [0.2, 0.25) is 0 Å². The Balaban J connectivity index is 3.01. The van der Waals surface area contributed by atoms with E-state index >= 15 is 0 Å². The predicted octanol–water partition coefficient (Wildman–Crippen LogP) is 1.84. The number of methoxy groups -OCH3 is 1. The summed E-state index contributed by atoms with van der Waals surface area (Å²) < 4.78 is 17.7. The molecule has 0 bridgehead atoms. The molecule has 62 valence electrons. The van der Waals surface area contributed by atoms with E-state index in [1.165, 1.54) is 25.3 Å². The summed E-state index contributed by atoms with van der Waals surface area (Å²) in [5.74, 6) is -0.337. The quantitative estimate of drug-likeness (QED) is 0.669. The summed E-state index contributed by atoms with van der Waals surface area (Å²) in [6.45, 7) is 0.196. The van der Waals surface area contributed by atoms with Crippen molar-refractivity contribution in [3.05, 3.63) is 35.1 Å². The number of ether oxygens (including phenoxy) is 1. The van der Waals surface area contributed by atoms with Crippen LogP contribution in [0.1, 0.15) is 11.1 Å². The molecule has 0 heterocycles. The van der Waals surface area contributed by atoms with Crippen molar-refractivity contribution in [3.63, 3.8) is 0 Å². The van der Waals surface area contributed by atoms with Crippen molar-refractivity contribution in [1.29, 1.82) is 5.26 Å². The standard InChI is InChI=1S/C9H8FNO/c1-12-6-8-4-7(5-11)2-3-9(8)10/h2-4H,6H2,1H3. The first kappa shape index (κ1) is 8.69. The molecule has 1 aromatic rings. The highest BCUT2D eigenvalue weighted by Crippen LogP contribution is 2.10. The maximum Gasteiger partial charge on any atom is 0.128 e. The fourth-order valence-electron chi connectivity index (χ4n) is 0.910. The van der Waals surface area contributed by atoms with Crippen LogP contribution in [0.25, 0.3) is 0 Å². The number of nitriles is 1. The summed E-state index contributed by atoms with van der Waals surface area (Å²) in [4.78, 5) is 0. The highest BCUT2D eigenvalue weighted by Gasteiger charge is 2.01. The second-order valence-electron chi connectivity index (χ2n) is 2.35. The van der Waals surface area contributed by atoms with Gasteiger partial charge in [0.25, 0.3) is 0 Å². The Kier molecular flexibility index (Phi) is 2.78. The van der Waals surface area contributed by atoms with Gasteiger partial charge in [-0.05, 0) is 18.2 Å². The fourth-order valence-corrected chi connectivity index (χ4v) is 0.910. The van der Waals surface area contributed by atoms with E-state index in [9.17, 15) is 4.39 Å². The molecule has 0 aliphatic carbocycles. The van der Waals surface area contributed by atoms with Crippen LogP contribution in [0.3, 0.4) is 0 Å². The Morgan fingerprint density at radius 1 is 1.58 bits per heavy atom. The Hall–Kier alpha value is -1.40. The zero-order chi connectivity index (χ0) is 8.97. The molecular weight excluding hydrogens is 157 g/mol. The zero-order valence-electron chi connectivity index (χ0n) is 6.67. The predicted molar refractivity (Wildman–Crippen MR) is 41.8 cm³/mol. The molecule has 0 atom stereocenters. The smallest absolute Gasteiger partial charge is 0.128 e.